The van der Waals surface area contributed by atoms with Gasteiger partial charge in [0.05, 0.1) is 5.56 Å². The quantitative estimate of drug-likeness (QED) is 0.824. The first kappa shape index (κ1) is 18.2. The van der Waals surface area contributed by atoms with Gasteiger partial charge >= 0.3 is 12.1 Å². The molecule has 140 valence electrons. The van der Waals surface area contributed by atoms with Crippen LogP contribution in [0.3, 0.4) is 0 Å². The van der Waals surface area contributed by atoms with Gasteiger partial charge in [-0.3, -0.25) is 14.4 Å². The monoisotopic (exact) mass is 370 g/mol. The standard InChI is InChI=1S/C17H17F3N2O4/c18-17(19,20)12-3-1-2-11(10-12)13(23)21-6-8-22(9-7-21)14(24)16(4-5-16)15(25)26/h1-3,10H,4-9H2,(H,25,26). The average Bonchev–Trinajstić information content (AvgIpc) is 3.42. The minimum absolute atomic E-state index is 0.0659. The van der Waals surface area contributed by atoms with Crippen molar-refractivity contribution in [3.05, 3.63) is 35.4 Å². The predicted octanol–water partition coefficient (Wildman–Crippen LogP) is 1.85. The first-order valence-corrected chi connectivity index (χ1v) is 8.14. The molecule has 2 fully saturated rings. The fourth-order valence-electron chi connectivity index (χ4n) is 3.07. The summed E-state index contributed by atoms with van der Waals surface area (Å²) in [4.78, 5) is 38.8. The molecular weight excluding hydrogens is 353 g/mol. The van der Waals surface area contributed by atoms with E-state index in [0.717, 1.165) is 12.1 Å². The number of carbonyl (C=O) groups excluding carboxylic acids is 2. The van der Waals surface area contributed by atoms with Crippen LogP contribution in [0.5, 0.6) is 0 Å². The molecule has 1 heterocycles. The van der Waals surface area contributed by atoms with Crippen molar-refractivity contribution in [3.63, 3.8) is 0 Å². The number of halogens is 3. The van der Waals surface area contributed by atoms with E-state index in [1.165, 1.54) is 21.9 Å². The lowest BCUT2D eigenvalue weighted by molar-refractivity contribution is -0.154. The smallest absolute Gasteiger partial charge is 0.416 e. The summed E-state index contributed by atoms with van der Waals surface area (Å²) in [5, 5.41) is 9.18. The lowest BCUT2D eigenvalue weighted by atomic mass is 10.0. The summed E-state index contributed by atoms with van der Waals surface area (Å²) in [5.74, 6) is -2.12. The molecule has 0 unspecified atom stereocenters. The maximum Gasteiger partial charge on any atom is 0.416 e. The van der Waals surface area contributed by atoms with Crippen molar-refractivity contribution in [2.45, 2.75) is 19.0 Å². The number of carbonyl (C=O) groups is 3. The number of benzene rings is 1. The Bertz CT molecular complexity index is 751. The average molecular weight is 370 g/mol. The maximum atomic E-state index is 12.8. The van der Waals surface area contributed by atoms with E-state index in [-0.39, 0.29) is 31.7 Å². The molecule has 0 radical (unpaired) electrons. The van der Waals surface area contributed by atoms with Crippen LogP contribution >= 0.6 is 0 Å². The highest BCUT2D eigenvalue weighted by Crippen LogP contribution is 2.47. The van der Waals surface area contributed by atoms with Crippen LogP contribution < -0.4 is 0 Å². The summed E-state index contributed by atoms with van der Waals surface area (Å²) in [6.45, 7) is 0.629. The lowest BCUT2D eigenvalue weighted by Gasteiger charge is -2.36. The van der Waals surface area contributed by atoms with Crippen LogP contribution in [-0.4, -0.2) is 58.9 Å². The summed E-state index contributed by atoms with van der Waals surface area (Å²) in [6.07, 6.45) is -3.91. The van der Waals surface area contributed by atoms with Crippen LogP contribution in [0.2, 0.25) is 0 Å². The number of aliphatic carboxylic acids is 1. The normalized spacial score (nSPS) is 19.2. The van der Waals surface area contributed by atoms with Crippen molar-refractivity contribution in [1.82, 2.24) is 9.80 Å². The summed E-state index contributed by atoms with van der Waals surface area (Å²) in [7, 11) is 0. The van der Waals surface area contributed by atoms with Crippen molar-refractivity contribution >= 4 is 17.8 Å². The summed E-state index contributed by atoms with van der Waals surface area (Å²) < 4.78 is 38.3. The van der Waals surface area contributed by atoms with Gasteiger partial charge in [-0.2, -0.15) is 13.2 Å². The third kappa shape index (κ3) is 3.25. The zero-order valence-electron chi connectivity index (χ0n) is 13.8. The highest BCUT2D eigenvalue weighted by atomic mass is 19.4. The van der Waals surface area contributed by atoms with Crippen LogP contribution in [0.1, 0.15) is 28.8 Å². The second-order valence-electron chi connectivity index (χ2n) is 6.55. The Morgan fingerprint density at radius 3 is 2.08 bits per heavy atom. The Morgan fingerprint density at radius 1 is 1.00 bits per heavy atom. The number of hydrogen-bond acceptors (Lipinski definition) is 3. The van der Waals surface area contributed by atoms with Crippen LogP contribution in [0, 0.1) is 5.41 Å². The topological polar surface area (TPSA) is 77.9 Å². The molecule has 0 atom stereocenters. The number of nitrogens with zero attached hydrogens (tertiary/aromatic N) is 2. The third-order valence-corrected chi connectivity index (χ3v) is 4.86. The van der Waals surface area contributed by atoms with Gasteiger partial charge in [-0.15, -0.1) is 0 Å². The number of amides is 2. The van der Waals surface area contributed by atoms with Crippen LogP contribution in [0.4, 0.5) is 13.2 Å². The minimum atomic E-state index is -4.53. The number of carboxylic acids is 1. The van der Waals surface area contributed by atoms with Crippen LogP contribution in [0.15, 0.2) is 24.3 Å². The molecule has 0 spiro atoms. The Labute approximate surface area is 147 Å². The third-order valence-electron chi connectivity index (χ3n) is 4.86. The second-order valence-corrected chi connectivity index (χ2v) is 6.55. The molecule has 1 aliphatic carbocycles. The molecule has 1 aromatic rings. The number of carboxylic acid groups (broad SMARTS) is 1. The van der Waals surface area contributed by atoms with E-state index < -0.39 is 34.9 Å². The molecule has 1 aromatic carbocycles. The highest BCUT2D eigenvalue weighted by molar-refractivity contribution is 6.05. The number of hydrogen-bond donors (Lipinski definition) is 1. The van der Waals surface area contributed by atoms with Gasteiger partial charge in [0, 0.05) is 31.7 Å². The van der Waals surface area contributed by atoms with E-state index in [2.05, 4.69) is 0 Å². The van der Waals surface area contributed by atoms with Gasteiger partial charge in [0.15, 0.2) is 0 Å². The first-order valence-electron chi connectivity index (χ1n) is 8.14. The maximum absolute atomic E-state index is 12.8. The molecule has 1 saturated heterocycles. The summed E-state index contributed by atoms with van der Waals surface area (Å²) >= 11 is 0. The van der Waals surface area contributed by atoms with Gasteiger partial charge in [0.2, 0.25) is 5.91 Å². The molecule has 2 amide bonds. The fraction of sp³-hybridized carbons (Fsp3) is 0.471. The Morgan fingerprint density at radius 2 is 1.58 bits per heavy atom. The van der Waals surface area contributed by atoms with Crippen LogP contribution in [-0.2, 0) is 15.8 Å². The van der Waals surface area contributed by atoms with Crippen molar-refractivity contribution in [1.29, 1.82) is 0 Å². The van der Waals surface area contributed by atoms with Gasteiger partial charge in [0.1, 0.15) is 5.41 Å². The zero-order valence-corrected chi connectivity index (χ0v) is 13.8. The number of rotatable bonds is 3. The fourth-order valence-corrected chi connectivity index (χ4v) is 3.07. The first-order chi connectivity index (χ1) is 12.1. The largest absolute Gasteiger partial charge is 0.480 e. The molecule has 0 bridgehead atoms. The Kier molecular flexibility index (Phi) is 4.41. The lowest BCUT2D eigenvalue weighted by Crippen LogP contribution is -2.53. The van der Waals surface area contributed by atoms with Gasteiger partial charge in [-0.25, -0.2) is 0 Å². The Balaban J connectivity index is 1.64. The van der Waals surface area contributed by atoms with Crippen molar-refractivity contribution in [2.24, 2.45) is 5.41 Å². The molecule has 3 rings (SSSR count). The van der Waals surface area contributed by atoms with E-state index in [9.17, 15) is 32.7 Å². The van der Waals surface area contributed by atoms with E-state index in [1.807, 2.05) is 0 Å². The highest BCUT2D eigenvalue weighted by Gasteiger charge is 2.58. The van der Waals surface area contributed by atoms with E-state index in [0.29, 0.717) is 12.8 Å². The Hall–Kier alpha value is -2.58. The van der Waals surface area contributed by atoms with Gasteiger partial charge in [-0.05, 0) is 31.0 Å². The molecular formula is C17H17F3N2O4. The number of piperazine rings is 1. The molecule has 1 saturated carbocycles. The molecule has 0 aromatic heterocycles. The second kappa shape index (κ2) is 6.30. The molecule has 6 nitrogen and oxygen atoms in total. The molecule has 9 heteroatoms. The molecule has 1 N–H and O–H groups in total. The SMILES string of the molecule is O=C(c1cccc(C(F)(F)F)c1)N1CCN(C(=O)C2(C(=O)O)CC2)CC1. The van der Waals surface area contributed by atoms with Gasteiger partial charge in [-0.1, -0.05) is 6.07 Å². The van der Waals surface area contributed by atoms with Crippen molar-refractivity contribution in [3.8, 4) is 0 Å². The molecule has 2 aliphatic rings. The summed E-state index contributed by atoms with van der Waals surface area (Å²) in [5.41, 5.74) is -2.29. The molecule has 1 aliphatic heterocycles. The van der Waals surface area contributed by atoms with E-state index in [1.54, 1.807) is 0 Å². The van der Waals surface area contributed by atoms with Gasteiger partial charge < -0.3 is 14.9 Å². The predicted molar refractivity (Wildman–Crippen MR) is 83.2 cm³/mol. The summed E-state index contributed by atoms with van der Waals surface area (Å²) in [6, 6.07) is 4.20. The molecule has 26 heavy (non-hydrogen) atoms. The van der Waals surface area contributed by atoms with Crippen molar-refractivity contribution < 1.29 is 32.7 Å². The van der Waals surface area contributed by atoms with E-state index >= 15 is 0 Å². The zero-order chi connectivity index (χ0) is 19.1. The minimum Gasteiger partial charge on any atom is -0.480 e. The van der Waals surface area contributed by atoms with Crippen LogP contribution in [0.25, 0.3) is 0 Å². The van der Waals surface area contributed by atoms with Gasteiger partial charge in [0.25, 0.3) is 5.91 Å². The van der Waals surface area contributed by atoms with Crippen molar-refractivity contribution in [2.75, 3.05) is 26.2 Å². The number of alkyl halides is 3. The van der Waals surface area contributed by atoms with E-state index in [4.69, 9.17) is 0 Å².